The van der Waals surface area contributed by atoms with Gasteiger partial charge in [0.1, 0.15) is 17.8 Å². The summed E-state index contributed by atoms with van der Waals surface area (Å²) in [6.07, 6.45) is 2.46. The Morgan fingerprint density at radius 2 is 1.53 bits per heavy atom. The van der Waals surface area contributed by atoms with Crippen LogP contribution < -0.4 is 10.4 Å². The Morgan fingerprint density at radius 1 is 0.938 bits per heavy atom. The molecule has 2 heterocycles. The van der Waals surface area contributed by atoms with Gasteiger partial charge in [0, 0.05) is 31.6 Å². The Balaban J connectivity index is 1.73. The van der Waals surface area contributed by atoms with E-state index < -0.39 is 28.2 Å². The maximum atomic E-state index is 13.2. The fourth-order valence-corrected chi connectivity index (χ4v) is 6.04. The van der Waals surface area contributed by atoms with Gasteiger partial charge in [0.05, 0.1) is 0 Å². The van der Waals surface area contributed by atoms with Gasteiger partial charge >= 0.3 is 0 Å². The van der Waals surface area contributed by atoms with Crippen LogP contribution in [-0.2, 0) is 18.4 Å². The van der Waals surface area contributed by atoms with Crippen LogP contribution in [0, 0.1) is 0 Å². The SMILES string of the molecule is CCN1CN(C23c4ccccc4CC2(O)Cc2ccccc23)n2ccc(=O)c(O)c2C1=O. The predicted octanol–water partition coefficient (Wildman–Crippen LogP) is 1.71. The summed E-state index contributed by atoms with van der Waals surface area (Å²) in [4.78, 5) is 27.0. The number of rotatable bonds is 2. The van der Waals surface area contributed by atoms with Crippen LogP contribution in [-0.4, -0.2) is 44.5 Å². The molecule has 0 saturated carbocycles. The Bertz CT molecular complexity index is 1300. The van der Waals surface area contributed by atoms with Gasteiger partial charge in [-0.2, -0.15) is 0 Å². The summed E-state index contributed by atoms with van der Waals surface area (Å²) >= 11 is 0. The van der Waals surface area contributed by atoms with E-state index in [1.807, 2.05) is 60.5 Å². The molecule has 2 aliphatic carbocycles. The highest BCUT2D eigenvalue weighted by atomic mass is 16.3. The summed E-state index contributed by atoms with van der Waals surface area (Å²) in [5.41, 5.74) is 1.24. The van der Waals surface area contributed by atoms with Crippen molar-refractivity contribution in [2.45, 2.75) is 30.9 Å². The highest BCUT2D eigenvalue weighted by molar-refractivity contribution is 5.96. The van der Waals surface area contributed by atoms with Crippen molar-refractivity contribution >= 4 is 5.91 Å². The number of hydrogen-bond donors (Lipinski definition) is 2. The number of aromatic nitrogens is 1. The number of carbonyl (C=O) groups excluding carboxylic acids is 1. The summed E-state index contributed by atoms with van der Waals surface area (Å²) in [7, 11) is 0. The molecule has 1 amide bonds. The fraction of sp³-hybridized carbons (Fsp3) is 0.280. The molecule has 2 N–H and O–H groups in total. The molecule has 0 atom stereocenters. The van der Waals surface area contributed by atoms with Gasteiger partial charge in [-0.1, -0.05) is 48.5 Å². The van der Waals surface area contributed by atoms with Crippen LogP contribution in [0.1, 0.15) is 39.7 Å². The third-order valence-electron chi connectivity index (χ3n) is 7.33. The number of carbonyl (C=O) groups is 1. The van der Waals surface area contributed by atoms with Crippen molar-refractivity contribution in [1.29, 1.82) is 0 Å². The van der Waals surface area contributed by atoms with Crippen molar-refractivity contribution in [2.24, 2.45) is 0 Å². The maximum Gasteiger partial charge on any atom is 0.277 e. The third-order valence-corrected chi connectivity index (χ3v) is 7.33. The molecule has 3 aliphatic rings. The molecule has 2 aromatic carbocycles. The number of fused-ring (bicyclic) bond motifs is 6. The van der Waals surface area contributed by atoms with Crippen LogP contribution in [0.3, 0.4) is 0 Å². The second-order valence-corrected chi connectivity index (χ2v) is 8.83. The van der Waals surface area contributed by atoms with Crippen molar-refractivity contribution in [3.8, 4) is 5.75 Å². The van der Waals surface area contributed by atoms with Crippen molar-refractivity contribution < 1.29 is 15.0 Å². The van der Waals surface area contributed by atoms with Crippen LogP contribution in [0.4, 0.5) is 0 Å². The molecule has 0 saturated heterocycles. The molecule has 7 nitrogen and oxygen atoms in total. The number of benzene rings is 2. The van der Waals surface area contributed by atoms with Crippen LogP contribution in [0.5, 0.6) is 5.75 Å². The van der Waals surface area contributed by atoms with Gasteiger partial charge in [-0.3, -0.25) is 19.3 Å². The molecule has 3 aromatic rings. The summed E-state index contributed by atoms with van der Waals surface area (Å²) < 4.78 is 1.57. The summed E-state index contributed by atoms with van der Waals surface area (Å²) in [6.45, 7) is 2.46. The Kier molecular flexibility index (Phi) is 3.73. The number of hydrogen-bond acceptors (Lipinski definition) is 5. The number of amides is 1. The fourth-order valence-electron chi connectivity index (χ4n) is 6.04. The van der Waals surface area contributed by atoms with E-state index in [4.69, 9.17) is 0 Å². The van der Waals surface area contributed by atoms with Gasteiger partial charge in [0.2, 0.25) is 5.43 Å². The summed E-state index contributed by atoms with van der Waals surface area (Å²) in [5.74, 6) is -0.977. The number of pyridine rings is 1. The highest BCUT2D eigenvalue weighted by Crippen LogP contribution is 2.58. The van der Waals surface area contributed by atoms with Gasteiger partial charge in [-0.05, 0) is 29.2 Å². The molecule has 0 radical (unpaired) electrons. The average molecular weight is 429 g/mol. The quantitative estimate of drug-likeness (QED) is 0.648. The molecule has 6 rings (SSSR count). The van der Waals surface area contributed by atoms with Crippen molar-refractivity contribution in [3.05, 3.63) is 99.0 Å². The first-order valence-corrected chi connectivity index (χ1v) is 10.8. The lowest BCUT2D eigenvalue weighted by Crippen LogP contribution is -2.68. The Hall–Kier alpha value is -3.58. The van der Waals surface area contributed by atoms with Crippen LogP contribution >= 0.6 is 0 Å². The minimum absolute atomic E-state index is 0.0731. The van der Waals surface area contributed by atoms with Crippen molar-refractivity contribution in [1.82, 2.24) is 9.58 Å². The van der Waals surface area contributed by atoms with E-state index in [1.165, 1.54) is 12.3 Å². The zero-order valence-corrected chi connectivity index (χ0v) is 17.7. The van der Waals surface area contributed by atoms with E-state index in [2.05, 4.69) is 0 Å². The smallest absolute Gasteiger partial charge is 0.277 e. The number of aliphatic hydroxyl groups is 1. The monoisotopic (exact) mass is 429 g/mol. The molecule has 1 aliphatic heterocycles. The minimum atomic E-state index is -1.16. The summed E-state index contributed by atoms with van der Waals surface area (Å²) in [5, 5.41) is 24.8. The Morgan fingerprint density at radius 3 is 2.12 bits per heavy atom. The lowest BCUT2D eigenvalue weighted by molar-refractivity contribution is -0.0153. The standard InChI is InChI=1S/C25H23N3O4/c1-2-26-15-28(27-12-11-20(29)22(30)21(27)23(26)31)25-18-9-5-3-7-16(18)13-24(25,32)14-17-8-4-6-10-19(17)25/h3-12,30,32H,2,13-15H2,1H3. The summed E-state index contributed by atoms with van der Waals surface area (Å²) in [6, 6.07) is 17.3. The molecule has 0 bridgehead atoms. The normalized spacial score (nSPS) is 25.4. The third kappa shape index (κ3) is 2.09. The van der Waals surface area contributed by atoms with Crippen molar-refractivity contribution in [3.63, 3.8) is 0 Å². The first-order chi connectivity index (χ1) is 15.4. The minimum Gasteiger partial charge on any atom is -0.502 e. The lowest BCUT2D eigenvalue weighted by atomic mass is 9.78. The van der Waals surface area contributed by atoms with Gasteiger partial charge < -0.3 is 15.1 Å². The van der Waals surface area contributed by atoms with Gasteiger partial charge in [0.15, 0.2) is 11.4 Å². The average Bonchev–Trinajstić information content (AvgIpc) is 3.19. The largest absolute Gasteiger partial charge is 0.502 e. The van der Waals surface area contributed by atoms with E-state index in [9.17, 15) is 19.8 Å². The van der Waals surface area contributed by atoms with E-state index in [-0.39, 0.29) is 12.4 Å². The maximum absolute atomic E-state index is 13.2. The second-order valence-electron chi connectivity index (χ2n) is 8.83. The molecular weight excluding hydrogens is 406 g/mol. The topological polar surface area (TPSA) is 86.0 Å². The second kappa shape index (κ2) is 6.23. The molecule has 0 unspecified atom stereocenters. The first kappa shape index (κ1) is 19.1. The van der Waals surface area contributed by atoms with Gasteiger partial charge in [-0.25, -0.2) is 0 Å². The molecular formula is C25H23N3O4. The van der Waals surface area contributed by atoms with E-state index in [0.717, 1.165) is 22.3 Å². The molecule has 162 valence electrons. The van der Waals surface area contributed by atoms with Crippen LogP contribution in [0.15, 0.2) is 65.6 Å². The van der Waals surface area contributed by atoms with E-state index in [1.54, 1.807) is 9.58 Å². The lowest BCUT2D eigenvalue weighted by Gasteiger charge is -2.52. The van der Waals surface area contributed by atoms with Crippen molar-refractivity contribution in [2.75, 3.05) is 18.2 Å². The van der Waals surface area contributed by atoms with Crippen LogP contribution in [0.2, 0.25) is 0 Å². The zero-order valence-electron chi connectivity index (χ0n) is 17.7. The molecule has 0 spiro atoms. The molecule has 1 aromatic heterocycles. The van der Waals surface area contributed by atoms with E-state index in [0.29, 0.717) is 19.4 Å². The molecule has 32 heavy (non-hydrogen) atoms. The first-order valence-electron chi connectivity index (χ1n) is 10.8. The molecule has 7 heteroatoms. The number of aromatic hydroxyl groups is 1. The molecule has 0 fully saturated rings. The van der Waals surface area contributed by atoms with Gasteiger partial charge in [0.25, 0.3) is 5.91 Å². The number of nitrogens with zero attached hydrogens (tertiary/aromatic N) is 3. The van der Waals surface area contributed by atoms with Gasteiger partial charge in [-0.15, -0.1) is 0 Å². The highest BCUT2D eigenvalue weighted by Gasteiger charge is 2.66. The van der Waals surface area contributed by atoms with E-state index >= 15 is 0 Å². The zero-order chi connectivity index (χ0) is 22.3. The predicted molar refractivity (Wildman–Crippen MR) is 118 cm³/mol. The van der Waals surface area contributed by atoms with Crippen LogP contribution in [0.25, 0.3) is 0 Å². The Labute approximate surface area is 184 Å².